The van der Waals surface area contributed by atoms with Crippen molar-refractivity contribution in [3.05, 3.63) is 84.7 Å². The zero-order chi connectivity index (χ0) is 19.5. The van der Waals surface area contributed by atoms with Gasteiger partial charge in [-0.2, -0.15) is 0 Å². The Balaban J connectivity index is 1.55. The summed E-state index contributed by atoms with van der Waals surface area (Å²) in [6, 6.07) is 20.4. The van der Waals surface area contributed by atoms with E-state index in [0.717, 1.165) is 16.9 Å². The van der Waals surface area contributed by atoms with Gasteiger partial charge in [0.1, 0.15) is 5.65 Å². The van der Waals surface area contributed by atoms with Gasteiger partial charge in [-0.3, -0.25) is 9.00 Å². The molecule has 0 radical (unpaired) electrons. The number of carbonyl (C=O) groups is 1. The molecule has 0 unspecified atom stereocenters. The highest BCUT2D eigenvalue weighted by atomic mass is 32.2. The highest BCUT2D eigenvalue weighted by Gasteiger charge is 2.15. The molecule has 0 saturated heterocycles. The number of imidazole rings is 1. The number of aromatic nitrogens is 2. The Morgan fingerprint density at radius 1 is 1.04 bits per heavy atom. The molecule has 140 valence electrons. The van der Waals surface area contributed by atoms with Crippen molar-refractivity contribution in [3.8, 4) is 11.3 Å². The molecule has 1 atom stereocenters. The van der Waals surface area contributed by atoms with E-state index in [2.05, 4.69) is 10.3 Å². The van der Waals surface area contributed by atoms with E-state index in [1.54, 1.807) is 24.3 Å². The van der Waals surface area contributed by atoms with Crippen LogP contribution < -0.4 is 5.32 Å². The van der Waals surface area contributed by atoms with E-state index < -0.39 is 10.8 Å². The summed E-state index contributed by atoms with van der Waals surface area (Å²) < 4.78 is 14.2. The van der Waals surface area contributed by atoms with Crippen LogP contribution in [0.1, 0.15) is 17.3 Å². The third kappa shape index (κ3) is 3.59. The topological polar surface area (TPSA) is 63.5 Å². The van der Waals surface area contributed by atoms with E-state index in [1.807, 2.05) is 66.2 Å². The normalized spacial score (nSPS) is 12.0. The van der Waals surface area contributed by atoms with Crippen LogP contribution in [0.2, 0.25) is 0 Å². The zero-order valence-electron chi connectivity index (χ0n) is 15.3. The SMILES string of the molecule is CC[S@@](=O)c1ccccc1C(=O)Nc1ccc(-c2cn3ccccc3n2)cc1. The van der Waals surface area contributed by atoms with Gasteiger partial charge in [-0.25, -0.2) is 4.98 Å². The number of anilines is 1. The molecular weight excluding hydrogens is 370 g/mol. The van der Waals surface area contributed by atoms with Gasteiger partial charge in [0, 0.05) is 29.4 Å². The van der Waals surface area contributed by atoms with Crippen LogP contribution in [0.3, 0.4) is 0 Å². The van der Waals surface area contributed by atoms with Gasteiger partial charge in [-0.15, -0.1) is 0 Å². The molecule has 0 spiro atoms. The fourth-order valence-electron chi connectivity index (χ4n) is 3.00. The van der Waals surface area contributed by atoms with E-state index in [0.29, 0.717) is 21.9 Å². The molecule has 0 bridgehead atoms. The first-order valence-corrected chi connectivity index (χ1v) is 10.3. The molecule has 2 aromatic carbocycles. The average molecular weight is 389 g/mol. The Morgan fingerprint density at radius 3 is 2.54 bits per heavy atom. The second kappa shape index (κ2) is 7.78. The summed E-state index contributed by atoms with van der Waals surface area (Å²) in [5.74, 6) is 0.204. The third-order valence-electron chi connectivity index (χ3n) is 4.44. The molecule has 0 aliphatic carbocycles. The number of amides is 1. The Kier molecular flexibility index (Phi) is 5.04. The molecule has 0 saturated carbocycles. The molecule has 1 amide bonds. The minimum absolute atomic E-state index is 0.266. The molecule has 2 aromatic heterocycles. The Hall–Kier alpha value is -3.25. The fourth-order valence-corrected chi connectivity index (χ4v) is 3.95. The lowest BCUT2D eigenvalue weighted by atomic mass is 10.1. The lowest BCUT2D eigenvalue weighted by molar-refractivity contribution is 0.102. The number of benzene rings is 2. The van der Waals surface area contributed by atoms with E-state index in [-0.39, 0.29) is 5.91 Å². The number of pyridine rings is 1. The molecule has 1 N–H and O–H groups in total. The van der Waals surface area contributed by atoms with Gasteiger partial charge in [0.15, 0.2) is 0 Å². The summed E-state index contributed by atoms with van der Waals surface area (Å²) in [7, 11) is -1.19. The fraction of sp³-hybridized carbons (Fsp3) is 0.0909. The van der Waals surface area contributed by atoms with Crippen LogP contribution in [-0.4, -0.2) is 25.3 Å². The monoisotopic (exact) mass is 389 g/mol. The molecule has 2 heterocycles. The van der Waals surface area contributed by atoms with Crippen molar-refractivity contribution in [1.29, 1.82) is 0 Å². The lowest BCUT2D eigenvalue weighted by Gasteiger charge is -2.09. The number of hydrogen-bond donors (Lipinski definition) is 1. The van der Waals surface area contributed by atoms with Crippen LogP contribution in [0.4, 0.5) is 5.69 Å². The standard InChI is InChI=1S/C22H19N3O2S/c1-2-28(27)20-8-4-3-7-18(20)22(26)23-17-12-10-16(11-13-17)19-15-25-14-6-5-9-21(25)24-19/h3-15H,2H2,1H3,(H,23,26)/t28-/m1/s1. The highest BCUT2D eigenvalue weighted by Crippen LogP contribution is 2.22. The summed E-state index contributed by atoms with van der Waals surface area (Å²) in [5, 5.41) is 2.88. The first-order valence-electron chi connectivity index (χ1n) is 8.98. The predicted octanol–water partition coefficient (Wildman–Crippen LogP) is 4.38. The van der Waals surface area contributed by atoms with Crippen molar-refractivity contribution in [3.63, 3.8) is 0 Å². The van der Waals surface area contributed by atoms with Crippen molar-refractivity contribution >= 4 is 28.0 Å². The van der Waals surface area contributed by atoms with Gasteiger partial charge < -0.3 is 9.72 Å². The minimum atomic E-state index is -1.19. The third-order valence-corrected chi connectivity index (χ3v) is 5.81. The molecule has 6 heteroatoms. The van der Waals surface area contributed by atoms with Crippen LogP contribution >= 0.6 is 0 Å². The summed E-state index contributed by atoms with van der Waals surface area (Å²) in [6.07, 6.45) is 3.93. The van der Waals surface area contributed by atoms with Gasteiger partial charge in [-0.1, -0.05) is 37.3 Å². The first-order chi connectivity index (χ1) is 13.7. The van der Waals surface area contributed by atoms with Crippen LogP contribution in [0.15, 0.2) is 84.0 Å². The van der Waals surface area contributed by atoms with Gasteiger partial charge in [0.25, 0.3) is 5.91 Å². The largest absolute Gasteiger partial charge is 0.322 e. The smallest absolute Gasteiger partial charge is 0.256 e. The molecule has 4 aromatic rings. The van der Waals surface area contributed by atoms with Crippen LogP contribution in [0, 0.1) is 0 Å². The molecular formula is C22H19N3O2S. The average Bonchev–Trinajstić information content (AvgIpc) is 3.18. The van der Waals surface area contributed by atoms with E-state index in [1.165, 1.54) is 0 Å². The number of hydrogen-bond acceptors (Lipinski definition) is 3. The van der Waals surface area contributed by atoms with Crippen molar-refractivity contribution < 1.29 is 9.00 Å². The molecule has 5 nitrogen and oxygen atoms in total. The minimum Gasteiger partial charge on any atom is -0.322 e. The molecule has 28 heavy (non-hydrogen) atoms. The maximum atomic E-state index is 12.7. The highest BCUT2D eigenvalue weighted by molar-refractivity contribution is 7.85. The molecule has 0 aliphatic rings. The summed E-state index contributed by atoms with van der Waals surface area (Å²) in [6.45, 7) is 1.84. The van der Waals surface area contributed by atoms with E-state index >= 15 is 0 Å². The Labute approximate surface area is 165 Å². The number of nitrogens with one attached hydrogen (secondary N) is 1. The summed E-state index contributed by atoms with van der Waals surface area (Å²) >= 11 is 0. The maximum Gasteiger partial charge on any atom is 0.256 e. The maximum absolute atomic E-state index is 12.7. The van der Waals surface area contributed by atoms with Crippen molar-refractivity contribution in [2.75, 3.05) is 11.1 Å². The van der Waals surface area contributed by atoms with E-state index in [4.69, 9.17) is 0 Å². The number of rotatable bonds is 5. The molecule has 0 fully saturated rings. The van der Waals surface area contributed by atoms with Crippen LogP contribution in [0.5, 0.6) is 0 Å². The number of carbonyl (C=O) groups excluding carboxylic acids is 1. The second-order valence-corrected chi connectivity index (χ2v) is 7.96. The molecule has 0 aliphatic heterocycles. The quantitative estimate of drug-likeness (QED) is 0.551. The summed E-state index contributed by atoms with van der Waals surface area (Å²) in [4.78, 5) is 17.8. The van der Waals surface area contributed by atoms with Gasteiger partial charge in [0.2, 0.25) is 0 Å². The van der Waals surface area contributed by atoms with Gasteiger partial charge >= 0.3 is 0 Å². The lowest BCUT2D eigenvalue weighted by Crippen LogP contribution is -2.15. The van der Waals surface area contributed by atoms with Crippen LogP contribution in [-0.2, 0) is 10.8 Å². The van der Waals surface area contributed by atoms with Crippen LogP contribution in [0.25, 0.3) is 16.9 Å². The van der Waals surface area contributed by atoms with Crippen molar-refractivity contribution in [2.24, 2.45) is 0 Å². The van der Waals surface area contributed by atoms with E-state index in [9.17, 15) is 9.00 Å². The number of nitrogens with zero attached hydrogens (tertiary/aromatic N) is 2. The Bertz CT molecular complexity index is 1130. The predicted molar refractivity (Wildman–Crippen MR) is 112 cm³/mol. The van der Waals surface area contributed by atoms with Gasteiger partial charge in [0.05, 0.1) is 27.0 Å². The zero-order valence-corrected chi connectivity index (χ0v) is 16.1. The van der Waals surface area contributed by atoms with Crippen molar-refractivity contribution in [2.45, 2.75) is 11.8 Å². The van der Waals surface area contributed by atoms with Crippen molar-refractivity contribution in [1.82, 2.24) is 9.38 Å². The first kappa shape index (κ1) is 18.1. The second-order valence-electron chi connectivity index (χ2n) is 6.25. The Morgan fingerprint density at radius 2 is 1.79 bits per heavy atom. The number of fused-ring (bicyclic) bond motifs is 1. The summed E-state index contributed by atoms with van der Waals surface area (Å²) in [5.41, 5.74) is 3.83. The van der Waals surface area contributed by atoms with Gasteiger partial charge in [-0.05, 0) is 36.4 Å². The molecule has 4 rings (SSSR count).